The van der Waals surface area contributed by atoms with Crippen LogP contribution in [0.4, 0.5) is 9.59 Å². The van der Waals surface area contributed by atoms with Crippen LogP contribution in [0.25, 0.3) is 0 Å². The van der Waals surface area contributed by atoms with Crippen LogP contribution in [0, 0.1) is 11.8 Å². The number of phosphoric ester groups is 1. The molecule has 4 amide bonds. The van der Waals surface area contributed by atoms with Gasteiger partial charge in [0.2, 0.25) is 5.91 Å². The van der Waals surface area contributed by atoms with Crippen LogP contribution >= 0.6 is 30.5 Å². The van der Waals surface area contributed by atoms with Crippen LogP contribution in [0.3, 0.4) is 0 Å². The minimum atomic E-state index is -5.54. The maximum absolute atomic E-state index is 14.3. The molecule has 4 rings (SSSR count). The molecule has 2 aromatic carbocycles. The van der Waals surface area contributed by atoms with E-state index in [0.717, 1.165) is 26.7 Å². The molecule has 3 N–H and O–H groups in total. The number of aromatic nitrogens is 2. The first-order chi connectivity index (χ1) is 28.0. The van der Waals surface area contributed by atoms with Gasteiger partial charge in [-0.25, -0.2) is 14.6 Å². The smallest absolute Gasteiger partial charge is 0.790 e. The van der Waals surface area contributed by atoms with Crippen molar-refractivity contribution in [2.75, 3.05) is 7.05 Å². The predicted molar refractivity (Wildman–Crippen MR) is 223 cm³/mol. The second kappa shape index (κ2) is 27.2. The number of carbonyl (C=O) groups is 3. The van der Waals surface area contributed by atoms with Gasteiger partial charge in [0.05, 0.1) is 47.6 Å². The standard InChI is InChI=1S/C41H57N6O9PS2.2Na/c1-26(2)36(46-40(49)47(7)22-32-24-58-38(44-32)27(3)4)37(48)43-31(18-29-14-10-8-11-15-29)20-35(55-39(28(5)6)56-57(51,52)53)34(19-30-16-12-9-13-17-30)45-41(50)54-23-33-21-42-25-59-33;;/h8-17,21,24-28,31,34-36,39H,18-20,22-23H2,1-7H3,(H,43,48)(H,45,50)(H,46,49)(H2,51,52,53);;/q;2*+1/p-2/t31?,34-,35-,36-,39-;;/m0../s1. The topological polar surface area (TPSA) is 207 Å². The Morgan fingerprint density at radius 1 is 0.852 bits per heavy atom. The molecule has 15 nitrogen and oxygen atoms in total. The third-order valence-corrected chi connectivity index (χ3v) is 11.6. The average Bonchev–Trinajstić information content (AvgIpc) is 3.88. The minimum absolute atomic E-state index is 0. The zero-order valence-corrected chi connectivity index (χ0v) is 43.0. The summed E-state index contributed by atoms with van der Waals surface area (Å²) in [5.41, 5.74) is 4.04. The molecule has 61 heavy (non-hydrogen) atoms. The summed E-state index contributed by atoms with van der Waals surface area (Å²) in [6.07, 6.45) is -1.30. The van der Waals surface area contributed by atoms with E-state index in [1.165, 1.54) is 27.6 Å². The Labute approximate surface area is 411 Å². The van der Waals surface area contributed by atoms with E-state index in [-0.39, 0.29) is 103 Å². The average molecular weight is 917 g/mol. The van der Waals surface area contributed by atoms with E-state index >= 15 is 0 Å². The number of benzene rings is 2. The monoisotopic (exact) mass is 916 g/mol. The minimum Gasteiger partial charge on any atom is -0.790 e. The van der Waals surface area contributed by atoms with E-state index in [0.29, 0.717) is 0 Å². The molecular weight excluding hydrogens is 862 g/mol. The number of thiazole rings is 2. The van der Waals surface area contributed by atoms with Gasteiger partial charge in [-0.3, -0.25) is 9.78 Å². The SMILES string of the molecule is CC(C)c1nc(CN(C)C(=O)N[C@H](C(=O)NC(Cc2ccccc2)C[C@H](O[C@@H](OP(=O)([O-])[O-])C(C)C)[C@H](Cc2ccccc2)NC(=O)OCc2cncs2)C(C)C)cs1.[Na+].[Na+]. The molecule has 0 radical (unpaired) electrons. The van der Waals surface area contributed by atoms with E-state index in [1.54, 1.807) is 32.6 Å². The molecule has 322 valence electrons. The van der Waals surface area contributed by atoms with E-state index in [2.05, 4.69) is 39.8 Å². The van der Waals surface area contributed by atoms with E-state index in [1.807, 2.05) is 79.9 Å². The van der Waals surface area contributed by atoms with Crippen molar-refractivity contribution in [3.8, 4) is 0 Å². The molecule has 0 saturated heterocycles. The Hall–Kier alpha value is -2.22. The van der Waals surface area contributed by atoms with Crippen molar-refractivity contribution < 1.29 is 102 Å². The van der Waals surface area contributed by atoms with Crippen LogP contribution in [0.15, 0.2) is 77.8 Å². The van der Waals surface area contributed by atoms with Gasteiger partial charge in [0, 0.05) is 36.5 Å². The molecule has 0 fully saturated rings. The summed E-state index contributed by atoms with van der Waals surface area (Å²) in [5, 5.41) is 11.8. The van der Waals surface area contributed by atoms with E-state index in [4.69, 9.17) is 14.0 Å². The summed E-state index contributed by atoms with van der Waals surface area (Å²) in [4.78, 5) is 76.0. The molecule has 0 bridgehead atoms. The summed E-state index contributed by atoms with van der Waals surface area (Å²) in [6.45, 7) is 11.2. The van der Waals surface area contributed by atoms with Crippen molar-refractivity contribution in [3.63, 3.8) is 0 Å². The number of urea groups is 1. The van der Waals surface area contributed by atoms with Crippen LogP contribution in [0.1, 0.15) is 80.6 Å². The van der Waals surface area contributed by atoms with Crippen molar-refractivity contribution >= 4 is 48.5 Å². The number of carbonyl (C=O) groups excluding carboxylic acids is 3. The fraction of sp³-hybridized carbons (Fsp3) is 0.488. The molecule has 0 aliphatic rings. The van der Waals surface area contributed by atoms with Crippen molar-refractivity contribution in [2.45, 2.75) is 110 Å². The van der Waals surface area contributed by atoms with Crippen LogP contribution in [-0.4, -0.2) is 70.5 Å². The molecule has 0 aliphatic heterocycles. The number of hydrogen-bond acceptors (Lipinski definition) is 13. The first-order valence-electron chi connectivity index (χ1n) is 19.5. The third kappa shape index (κ3) is 19.6. The van der Waals surface area contributed by atoms with Crippen LogP contribution in [0.5, 0.6) is 0 Å². The number of ether oxygens (including phenoxy) is 2. The Morgan fingerprint density at radius 3 is 2.00 bits per heavy atom. The predicted octanol–water partition coefficient (Wildman–Crippen LogP) is -0.235. The molecule has 2 aromatic heterocycles. The van der Waals surface area contributed by atoms with Gasteiger partial charge in [0.15, 0.2) is 6.29 Å². The molecule has 5 atom stereocenters. The summed E-state index contributed by atoms with van der Waals surface area (Å²) >= 11 is 2.85. The number of alkyl carbamates (subject to hydrolysis) is 1. The number of nitrogens with one attached hydrogen (secondary N) is 3. The first-order valence-corrected chi connectivity index (χ1v) is 22.7. The zero-order valence-electron chi connectivity index (χ0n) is 36.4. The third-order valence-electron chi connectivity index (χ3n) is 9.19. The van der Waals surface area contributed by atoms with Crippen LogP contribution in [-0.2, 0) is 49.4 Å². The summed E-state index contributed by atoms with van der Waals surface area (Å²) in [6, 6.07) is 15.6. The molecule has 0 spiro atoms. The maximum atomic E-state index is 14.3. The van der Waals surface area contributed by atoms with Gasteiger partial charge in [-0.05, 0) is 36.3 Å². The van der Waals surface area contributed by atoms with Crippen molar-refractivity contribution in [2.24, 2.45) is 11.8 Å². The normalized spacial score (nSPS) is 13.9. The van der Waals surface area contributed by atoms with Gasteiger partial charge in [0.1, 0.15) is 12.6 Å². The van der Waals surface area contributed by atoms with Gasteiger partial charge in [0.25, 0.3) is 0 Å². The van der Waals surface area contributed by atoms with Gasteiger partial charge < -0.3 is 49.2 Å². The number of amides is 4. The zero-order chi connectivity index (χ0) is 43.1. The fourth-order valence-electron chi connectivity index (χ4n) is 6.12. The summed E-state index contributed by atoms with van der Waals surface area (Å²) in [5.74, 6) is -1.15. The Kier molecular flexibility index (Phi) is 24.5. The second-order valence-corrected chi connectivity index (χ2v) is 18.3. The Bertz CT molecular complexity index is 1940. The van der Waals surface area contributed by atoms with Gasteiger partial charge in [-0.2, -0.15) is 0 Å². The van der Waals surface area contributed by atoms with Crippen molar-refractivity contribution in [1.29, 1.82) is 0 Å². The van der Waals surface area contributed by atoms with Crippen molar-refractivity contribution in [1.82, 2.24) is 30.8 Å². The Balaban J connectivity index is 0.00000641. The fourth-order valence-corrected chi connectivity index (χ4v) is 8.00. The van der Waals surface area contributed by atoms with Gasteiger partial charge in [-0.1, -0.05) is 102 Å². The Morgan fingerprint density at radius 2 is 1.48 bits per heavy atom. The van der Waals surface area contributed by atoms with Gasteiger partial charge >= 0.3 is 71.2 Å². The molecule has 1 unspecified atom stereocenters. The number of phosphoric acid groups is 1. The summed E-state index contributed by atoms with van der Waals surface area (Å²) in [7, 11) is -3.90. The first kappa shape index (κ1) is 54.9. The number of rotatable bonds is 22. The molecule has 0 aliphatic carbocycles. The largest absolute Gasteiger partial charge is 1.00 e. The van der Waals surface area contributed by atoms with Crippen LogP contribution < -0.4 is 84.9 Å². The number of hydrogen-bond donors (Lipinski definition) is 3. The van der Waals surface area contributed by atoms with Crippen LogP contribution in [0.2, 0.25) is 0 Å². The van der Waals surface area contributed by atoms with Gasteiger partial charge in [-0.15, -0.1) is 22.7 Å². The van der Waals surface area contributed by atoms with E-state index < -0.39 is 62.3 Å². The number of nitrogens with zero attached hydrogens (tertiary/aromatic N) is 3. The molecule has 4 aromatic rings. The molecule has 0 saturated carbocycles. The quantitative estimate of drug-likeness (QED) is 0.0533. The van der Waals surface area contributed by atoms with Crippen molar-refractivity contribution in [3.05, 3.63) is 104 Å². The second-order valence-electron chi connectivity index (χ2n) is 15.3. The molecular formula is C41H55N6Na2O9PS2. The summed E-state index contributed by atoms with van der Waals surface area (Å²) < 4.78 is 28.8. The van der Waals surface area contributed by atoms with E-state index in [9.17, 15) is 28.7 Å². The molecule has 2 heterocycles. The maximum Gasteiger partial charge on any atom is 1.00 e. The molecule has 20 heteroatoms.